The number of piperidine rings is 1. The van der Waals surface area contributed by atoms with Gasteiger partial charge in [-0.2, -0.15) is 0 Å². The van der Waals surface area contributed by atoms with E-state index in [1.807, 2.05) is 0 Å². The van der Waals surface area contributed by atoms with Crippen LogP contribution in [0.25, 0.3) is 0 Å². The molecule has 12 heavy (non-hydrogen) atoms. The third kappa shape index (κ3) is 3.52. The van der Waals surface area contributed by atoms with Gasteiger partial charge < -0.3 is 15.3 Å². The van der Waals surface area contributed by atoms with E-state index < -0.39 is 0 Å². The minimum Gasteiger partial charge on any atom is -0.395 e. The first-order valence-corrected chi connectivity index (χ1v) is 4.83. The van der Waals surface area contributed by atoms with E-state index in [1.54, 1.807) is 0 Å². The summed E-state index contributed by atoms with van der Waals surface area (Å²) in [5.41, 5.74) is 0. The molecule has 0 radical (unpaired) electrons. The van der Waals surface area contributed by atoms with E-state index in [2.05, 4.69) is 17.3 Å². The molecule has 0 saturated carbocycles. The molecule has 1 saturated heterocycles. The maximum Gasteiger partial charge on any atom is 0.0558 e. The van der Waals surface area contributed by atoms with E-state index in [0.717, 1.165) is 25.6 Å². The smallest absolute Gasteiger partial charge is 0.0558 e. The van der Waals surface area contributed by atoms with E-state index in [0.29, 0.717) is 0 Å². The van der Waals surface area contributed by atoms with Crippen molar-refractivity contribution in [2.45, 2.75) is 12.8 Å². The van der Waals surface area contributed by atoms with Gasteiger partial charge in [0.05, 0.1) is 6.61 Å². The Balaban J connectivity index is 2.11. The number of likely N-dealkylation sites (N-methyl/N-ethyl adjacent to an activating group) is 1. The predicted octanol–water partition coefficient (Wildman–Crippen LogP) is -0.0899. The maximum atomic E-state index is 8.71. The van der Waals surface area contributed by atoms with Crippen LogP contribution in [-0.4, -0.2) is 49.8 Å². The number of aliphatic hydroxyl groups excluding tert-OH is 1. The zero-order valence-electron chi connectivity index (χ0n) is 7.92. The Hall–Kier alpha value is -0.120. The Morgan fingerprint density at radius 2 is 2.42 bits per heavy atom. The van der Waals surface area contributed by atoms with Crippen molar-refractivity contribution in [2.24, 2.45) is 5.92 Å². The summed E-state index contributed by atoms with van der Waals surface area (Å²) in [6.45, 7) is 4.52. The molecule has 0 unspecified atom stereocenters. The third-order valence-corrected chi connectivity index (χ3v) is 2.45. The molecule has 2 N–H and O–H groups in total. The van der Waals surface area contributed by atoms with Gasteiger partial charge in [-0.25, -0.2) is 0 Å². The maximum absolute atomic E-state index is 8.71. The fraction of sp³-hybridized carbons (Fsp3) is 1.00. The Kier molecular flexibility index (Phi) is 4.58. The number of aliphatic hydroxyl groups is 1. The van der Waals surface area contributed by atoms with Crippen molar-refractivity contribution in [1.29, 1.82) is 0 Å². The summed E-state index contributed by atoms with van der Waals surface area (Å²) in [5.74, 6) is 0.787. The van der Waals surface area contributed by atoms with Gasteiger partial charge in [-0.3, -0.25) is 0 Å². The second-order valence-corrected chi connectivity index (χ2v) is 3.70. The second kappa shape index (κ2) is 5.51. The van der Waals surface area contributed by atoms with Gasteiger partial charge >= 0.3 is 0 Å². The van der Waals surface area contributed by atoms with Crippen molar-refractivity contribution in [3.63, 3.8) is 0 Å². The third-order valence-electron chi connectivity index (χ3n) is 2.45. The molecule has 0 bridgehead atoms. The Morgan fingerprint density at radius 1 is 1.58 bits per heavy atom. The first kappa shape index (κ1) is 9.96. The van der Waals surface area contributed by atoms with Crippen molar-refractivity contribution < 1.29 is 5.11 Å². The summed E-state index contributed by atoms with van der Waals surface area (Å²) < 4.78 is 0. The minimum absolute atomic E-state index is 0.274. The highest BCUT2D eigenvalue weighted by atomic mass is 16.3. The van der Waals surface area contributed by atoms with Crippen LogP contribution < -0.4 is 5.32 Å². The predicted molar refractivity (Wildman–Crippen MR) is 50.2 cm³/mol. The van der Waals surface area contributed by atoms with Gasteiger partial charge in [-0.15, -0.1) is 0 Å². The molecule has 1 aliphatic rings. The van der Waals surface area contributed by atoms with Crippen LogP contribution in [0.1, 0.15) is 12.8 Å². The minimum atomic E-state index is 0.274. The lowest BCUT2D eigenvalue weighted by Crippen LogP contribution is -2.37. The van der Waals surface area contributed by atoms with Crippen LogP contribution in [0.5, 0.6) is 0 Å². The van der Waals surface area contributed by atoms with Gasteiger partial charge in [0.15, 0.2) is 0 Å². The largest absolute Gasteiger partial charge is 0.395 e. The molecule has 0 aliphatic carbocycles. The van der Waals surface area contributed by atoms with Crippen molar-refractivity contribution in [1.82, 2.24) is 10.2 Å². The van der Waals surface area contributed by atoms with Gasteiger partial charge in [0.1, 0.15) is 0 Å². The lowest BCUT2D eigenvalue weighted by Gasteiger charge is -2.27. The lowest BCUT2D eigenvalue weighted by molar-refractivity contribution is 0.190. The highest BCUT2D eigenvalue weighted by molar-refractivity contribution is 4.71. The summed E-state index contributed by atoms with van der Waals surface area (Å²) >= 11 is 0. The molecule has 1 heterocycles. The highest BCUT2D eigenvalue weighted by Crippen LogP contribution is 2.10. The van der Waals surface area contributed by atoms with Crippen LogP contribution in [0.3, 0.4) is 0 Å². The van der Waals surface area contributed by atoms with Crippen molar-refractivity contribution in [3.05, 3.63) is 0 Å². The average molecular weight is 172 g/mol. The molecule has 0 aromatic heterocycles. The molecule has 0 aromatic carbocycles. The number of hydrogen-bond acceptors (Lipinski definition) is 3. The van der Waals surface area contributed by atoms with Crippen LogP contribution >= 0.6 is 0 Å². The fourth-order valence-electron chi connectivity index (χ4n) is 1.78. The second-order valence-electron chi connectivity index (χ2n) is 3.70. The number of nitrogens with one attached hydrogen (secondary N) is 1. The number of rotatable bonds is 4. The van der Waals surface area contributed by atoms with Gasteiger partial charge in [-0.05, 0) is 38.9 Å². The molecule has 72 valence electrons. The Labute approximate surface area is 74.8 Å². The SMILES string of the molecule is CN(CCO)C[C@H]1CCCNC1. The normalized spacial score (nSPS) is 24.8. The average Bonchev–Trinajstić information content (AvgIpc) is 2.06. The molecular formula is C9H20N2O. The summed E-state index contributed by atoms with van der Waals surface area (Å²) in [5, 5.41) is 12.1. The summed E-state index contributed by atoms with van der Waals surface area (Å²) in [4.78, 5) is 2.21. The van der Waals surface area contributed by atoms with E-state index in [-0.39, 0.29) is 6.61 Å². The van der Waals surface area contributed by atoms with Crippen molar-refractivity contribution >= 4 is 0 Å². The van der Waals surface area contributed by atoms with E-state index in [1.165, 1.54) is 19.4 Å². The van der Waals surface area contributed by atoms with Gasteiger partial charge in [0, 0.05) is 13.1 Å². The standard InChI is InChI=1S/C9H20N2O/c1-11(5-6-12)8-9-3-2-4-10-7-9/h9-10,12H,2-8H2,1H3/t9-/m0/s1. The Bertz CT molecular complexity index is 113. The van der Waals surface area contributed by atoms with E-state index in [9.17, 15) is 0 Å². The van der Waals surface area contributed by atoms with Gasteiger partial charge in [-0.1, -0.05) is 0 Å². The van der Waals surface area contributed by atoms with Crippen molar-refractivity contribution in [3.8, 4) is 0 Å². The molecule has 0 spiro atoms. The molecule has 1 fully saturated rings. The number of hydrogen-bond donors (Lipinski definition) is 2. The summed E-state index contributed by atoms with van der Waals surface area (Å²) in [6.07, 6.45) is 2.64. The molecule has 1 atom stereocenters. The first-order chi connectivity index (χ1) is 5.83. The van der Waals surface area contributed by atoms with Crippen LogP contribution in [0.15, 0.2) is 0 Å². The molecule has 1 aliphatic heterocycles. The monoisotopic (exact) mass is 172 g/mol. The van der Waals surface area contributed by atoms with Gasteiger partial charge in [0.2, 0.25) is 0 Å². The van der Waals surface area contributed by atoms with Crippen LogP contribution in [0, 0.1) is 5.92 Å². The summed E-state index contributed by atoms with van der Waals surface area (Å²) in [6, 6.07) is 0. The molecule has 1 rings (SSSR count). The van der Waals surface area contributed by atoms with Crippen LogP contribution in [0.4, 0.5) is 0 Å². The summed E-state index contributed by atoms with van der Waals surface area (Å²) in [7, 11) is 2.07. The van der Waals surface area contributed by atoms with Crippen molar-refractivity contribution in [2.75, 3.05) is 39.8 Å². The zero-order chi connectivity index (χ0) is 8.81. The zero-order valence-corrected chi connectivity index (χ0v) is 7.92. The molecule has 3 nitrogen and oxygen atoms in total. The van der Waals surface area contributed by atoms with E-state index in [4.69, 9.17) is 5.11 Å². The highest BCUT2D eigenvalue weighted by Gasteiger charge is 2.14. The quantitative estimate of drug-likeness (QED) is 0.622. The molecule has 0 aromatic rings. The molecule has 0 amide bonds. The Morgan fingerprint density at radius 3 is 3.00 bits per heavy atom. The molecular weight excluding hydrogens is 152 g/mol. The molecule has 3 heteroatoms. The number of nitrogens with zero attached hydrogens (tertiary/aromatic N) is 1. The van der Waals surface area contributed by atoms with E-state index >= 15 is 0 Å². The lowest BCUT2D eigenvalue weighted by atomic mass is 9.99. The topological polar surface area (TPSA) is 35.5 Å². The fourth-order valence-corrected chi connectivity index (χ4v) is 1.78. The van der Waals surface area contributed by atoms with Crippen LogP contribution in [-0.2, 0) is 0 Å². The van der Waals surface area contributed by atoms with Crippen LogP contribution in [0.2, 0.25) is 0 Å². The van der Waals surface area contributed by atoms with Gasteiger partial charge in [0.25, 0.3) is 0 Å². The first-order valence-electron chi connectivity index (χ1n) is 4.83.